The molecule has 5 heteroatoms. The zero-order valence-corrected chi connectivity index (χ0v) is 14.0. The molecule has 0 radical (unpaired) electrons. The summed E-state index contributed by atoms with van der Waals surface area (Å²) in [6.45, 7) is 6.10. The van der Waals surface area contributed by atoms with E-state index in [0.29, 0.717) is 5.75 Å². The first-order valence-corrected chi connectivity index (χ1v) is 8.28. The van der Waals surface area contributed by atoms with E-state index < -0.39 is 0 Å². The van der Waals surface area contributed by atoms with E-state index in [9.17, 15) is 9.59 Å². The zero-order chi connectivity index (χ0) is 15.8. The molecular weight excluding hydrogens is 284 g/mol. The van der Waals surface area contributed by atoms with Crippen LogP contribution in [0.3, 0.4) is 0 Å². The van der Waals surface area contributed by atoms with Gasteiger partial charge < -0.3 is 10.2 Å². The summed E-state index contributed by atoms with van der Waals surface area (Å²) in [6, 6.07) is 5.92. The van der Waals surface area contributed by atoms with Gasteiger partial charge in [0.25, 0.3) is 0 Å². The quantitative estimate of drug-likeness (QED) is 0.788. The first kappa shape index (κ1) is 17.6. The fourth-order valence-corrected chi connectivity index (χ4v) is 2.61. The molecular formula is C16H24N2O2S. The van der Waals surface area contributed by atoms with Crippen molar-refractivity contribution in [3.8, 4) is 0 Å². The summed E-state index contributed by atoms with van der Waals surface area (Å²) in [4.78, 5) is 25.3. The van der Waals surface area contributed by atoms with Gasteiger partial charge in [0.2, 0.25) is 11.8 Å². The minimum Gasteiger partial charge on any atom is -0.336 e. The summed E-state index contributed by atoms with van der Waals surface area (Å²) >= 11 is 1.60. The SMILES string of the molecule is CCCSCC(=O)N(C)CC(=O)Nc1cc(C)ccc1C. The third-order valence-electron chi connectivity index (χ3n) is 3.05. The highest BCUT2D eigenvalue weighted by Gasteiger charge is 2.13. The molecule has 0 fully saturated rings. The number of likely N-dealkylation sites (N-methyl/N-ethyl adjacent to an activating group) is 1. The van der Waals surface area contributed by atoms with E-state index in [1.165, 1.54) is 4.90 Å². The molecule has 0 saturated carbocycles. The number of hydrogen-bond acceptors (Lipinski definition) is 3. The topological polar surface area (TPSA) is 49.4 Å². The summed E-state index contributed by atoms with van der Waals surface area (Å²) in [5.41, 5.74) is 2.92. The van der Waals surface area contributed by atoms with Gasteiger partial charge in [-0.25, -0.2) is 0 Å². The van der Waals surface area contributed by atoms with Gasteiger partial charge in [0.1, 0.15) is 0 Å². The van der Waals surface area contributed by atoms with Gasteiger partial charge in [-0.3, -0.25) is 9.59 Å². The molecule has 0 bridgehead atoms. The second kappa shape index (κ2) is 8.72. The maximum absolute atomic E-state index is 12.0. The van der Waals surface area contributed by atoms with Crippen LogP contribution in [-0.2, 0) is 9.59 Å². The number of thioether (sulfide) groups is 1. The number of nitrogens with one attached hydrogen (secondary N) is 1. The minimum atomic E-state index is -0.167. The van der Waals surface area contributed by atoms with Crippen LogP contribution in [0.25, 0.3) is 0 Å². The first-order chi connectivity index (χ1) is 9.93. The van der Waals surface area contributed by atoms with Gasteiger partial charge in [-0.15, -0.1) is 0 Å². The number of nitrogens with zero attached hydrogens (tertiary/aromatic N) is 1. The highest BCUT2D eigenvalue weighted by Crippen LogP contribution is 2.16. The monoisotopic (exact) mass is 308 g/mol. The molecule has 1 N–H and O–H groups in total. The first-order valence-electron chi connectivity index (χ1n) is 7.12. The molecule has 2 amide bonds. The van der Waals surface area contributed by atoms with E-state index >= 15 is 0 Å². The summed E-state index contributed by atoms with van der Waals surface area (Å²) in [7, 11) is 1.66. The van der Waals surface area contributed by atoms with Crippen molar-refractivity contribution in [3.05, 3.63) is 29.3 Å². The Morgan fingerprint density at radius 2 is 2.00 bits per heavy atom. The molecule has 4 nitrogen and oxygen atoms in total. The Hall–Kier alpha value is -1.49. The molecule has 0 spiro atoms. The number of aryl methyl sites for hydroxylation is 2. The standard InChI is InChI=1S/C16H24N2O2S/c1-5-8-21-11-16(20)18(4)10-15(19)17-14-9-12(2)6-7-13(14)3/h6-7,9H,5,8,10-11H2,1-4H3,(H,17,19). The van der Waals surface area contributed by atoms with Gasteiger partial charge in [-0.05, 0) is 43.2 Å². The maximum Gasteiger partial charge on any atom is 0.243 e. The van der Waals surface area contributed by atoms with Crippen LogP contribution in [0.5, 0.6) is 0 Å². The largest absolute Gasteiger partial charge is 0.336 e. The van der Waals surface area contributed by atoms with Crippen molar-refractivity contribution in [2.24, 2.45) is 0 Å². The lowest BCUT2D eigenvalue weighted by Crippen LogP contribution is -2.36. The average Bonchev–Trinajstić information content (AvgIpc) is 2.42. The average molecular weight is 308 g/mol. The van der Waals surface area contributed by atoms with Crippen molar-refractivity contribution < 1.29 is 9.59 Å². The molecule has 0 aliphatic rings. The van der Waals surface area contributed by atoms with Crippen LogP contribution >= 0.6 is 11.8 Å². The van der Waals surface area contributed by atoms with E-state index in [4.69, 9.17) is 0 Å². The molecule has 116 valence electrons. The van der Waals surface area contributed by atoms with Crippen LogP contribution in [0, 0.1) is 13.8 Å². The van der Waals surface area contributed by atoms with Crippen molar-refractivity contribution >= 4 is 29.3 Å². The Labute approximate surface area is 131 Å². The molecule has 0 unspecified atom stereocenters. The molecule has 0 aromatic heterocycles. The predicted octanol–water partition coefficient (Wildman–Crippen LogP) is 2.84. The summed E-state index contributed by atoms with van der Waals surface area (Å²) in [5.74, 6) is 1.22. The minimum absolute atomic E-state index is 0.00966. The third-order valence-corrected chi connectivity index (χ3v) is 4.20. The summed E-state index contributed by atoms with van der Waals surface area (Å²) in [6.07, 6.45) is 1.05. The Balaban J connectivity index is 2.49. The lowest BCUT2D eigenvalue weighted by Gasteiger charge is -2.17. The predicted molar refractivity (Wildman–Crippen MR) is 89.8 cm³/mol. The Kier molecular flexibility index (Phi) is 7.29. The molecule has 0 atom stereocenters. The van der Waals surface area contributed by atoms with Crippen LogP contribution in [0.15, 0.2) is 18.2 Å². The normalized spacial score (nSPS) is 10.3. The third kappa shape index (κ3) is 6.21. The van der Waals surface area contributed by atoms with Crippen molar-refractivity contribution in [2.75, 3.05) is 30.4 Å². The van der Waals surface area contributed by atoms with Crippen LogP contribution in [0.1, 0.15) is 24.5 Å². The maximum atomic E-state index is 12.0. The van der Waals surface area contributed by atoms with E-state index in [2.05, 4.69) is 12.2 Å². The molecule has 1 aromatic rings. The molecule has 21 heavy (non-hydrogen) atoms. The smallest absolute Gasteiger partial charge is 0.243 e. The van der Waals surface area contributed by atoms with Gasteiger partial charge in [0, 0.05) is 12.7 Å². The lowest BCUT2D eigenvalue weighted by atomic mass is 10.1. The fourth-order valence-electron chi connectivity index (χ4n) is 1.78. The summed E-state index contributed by atoms with van der Waals surface area (Å²) < 4.78 is 0. The van der Waals surface area contributed by atoms with Crippen LogP contribution in [0.4, 0.5) is 5.69 Å². The van der Waals surface area contributed by atoms with E-state index in [-0.39, 0.29) is 18.4 Å². The van der Waals surface area contributed by atoms with E-state index in [1.807, 2.05) is 32.0 Å². The molecule has 1 aromatic carbocycles. The number of carbonyl (C=O) groups is 2. The number of benzene rings is 1. The van der Waals surface area contributed by atoms with Crippen LogP contribution < -0.4 is 5.32 Å². The van der Waals surface area contributed by atoms with Gasteiger partial charge >= 0.3 is 0 Å². The van der Waals surface area contributed by atoms with Crippen molar-refractivity contribution in [2.45, 2.75) is 27.2 Å². The van der Waals surface area contributed by atoms with Gasteiger partial charge in [-0.2, -0.15) is 11.8 Å². The van der Waals surface area contributed by atoms with E-state index in [1.54, 1.807) is 18.8 Å². The van der Waals surface area contributed by atoms with E-state index in [0.717, 1.165) is 29.0 Å². The van der Waals surface area contributed by atoms with Crippen LogP contribution in [0.2, 0.25) is 0 Å². The summed E-state index contributed by atoms with van der Waals surface area (Å²) in [5, 5.41) is 2.86. The molecule has 0 saturated heterocycles. The molecule has 0 heterocycles. The highest BCUT2D eigenvalue weighted by atomic mass is 32.2. The van der Waals surface area contributed by atoms with Crippen molar-refractivity contribution in [1.82, 2.24) is 4.90 Å². The van der Waals surface area contributed by atoms with Crippen molar-refractivity contribution in [1.29, 1.82) is 0 Å². The Morgan fingerprint density at radius 3 is 2.67 bits per heavy atom. The number of amides is 2. The van der Waals surface area contributed by atoms with Gasteiger partial charge in [0.15, 0.2) is 0 Å². The lowest BCUT2D eigenvalue weighted by molar-refractivity contribution is -0.131. The second-order valence-corrected chi connectivity index (χ2v) is 6.27. The number of rotatable bonds is 7. The molecule has 1 rings (SSSR count). The Bertz CT molecular complexity index is 503. The molecule has 0 aliphatic heterocycles. The molecule has 0 aliphatic carbocycles. The second-order valence-electron chi connectivity index (χ2n) is 5.17. The van der Waals surface area contributed by atoms with Gasteiger partial charge in [-0.1, -0.05) is 19.1 Å². The van der Waals surface area contributed by atoms with Gasteiger partial charge in [0.05, 0.1) is 12.3 Å². The number of hydrogen-bond donors (Lipinski definition) is 1. The number of carbonyl (C=O) groups excluding carboxylic acids is 2. The highest BCUT2D eigenvalue weighted by molar-refractivity contribution is 7.99. The van der Waals surface area contributed by atoms with Crippen molar-refractivity contribution in [3.63, 3.8) is 0 Å². The number of anilines is 1. The Morgan fingerprint density at radius 1 is 1.29 bits per heavy atom. The van der Waals surface area contributed by atoms with Crippen LogP contribution in [-0.4, -0.2) is 41.8 Å². The fraction of sp³-hybridized carbons (Fsp3) is 0.500. The zero-order valence-electron chi connectivity index (χ0n) is 13.2.